The molecule has 2 atom stereocenters. The van der Waals surface area contributed by atoms with E-state index in [4.69, 9.17) is 0 Å². The summed E-state index contributed by atoms with van der Waals surface area (Å²) in [4.78, 5) is 0. The van der Waals surface area contributed by atoms with E-state index >= 15 is 0 Å². The van der Waals surface area contributed by atoms with Gasteiger partial charge in [-0.1, -0.05) is 28.1 Å². The summed E-state index contributed by atoms with van der Waals surface area (Å²) in [6.07, 6.45) is 6.64. The summed E-state index contributed by atoms with van der Waals surface area (Å²) < 4.78 is 2.99. The fourth-order valence-corrected chi connectivity index (χ4v) is 2.80. The second kappa shape index (κ2) is 4.86. The molecule has 1 aliphatic rings. The first kappa shape index (κ1) is 11.9. The predicted molar refractivity (Wildman–Crippen MR) is 74.3 cm³/mol. The smallest absolute Gasteiger partial charge is 0.0778 e. The van der Waals surface area contributed by atoms with E-state index in [0.717, 1.165) is 34.9 Å². The zero-order chi connectivity index (χ0) is 12.5. The van der Waals surface area contributed by atoms with Gasteiger partial charge in [-0.3, -0.25) is 4.68 Å². The summed E-state index contributed by atoms with van der Waals surface area (Å²) in [6.45, 7) is 0. The van der Waals surface area contributed by atoms with Crippen LogP contribution in [0.5, 0.6) is 0 Å². The summed E-state index contributed by atoms with van der Waals surface area (Å²) in [6, 6.07) is 8.33. The fourth-order valence-electron chi connectivity index (χ4n) is 2.54. The van der Waals surface area contributed by atoms with E-state index in [1.807, 2.05) is 29.2 Å². The normalized spacial score (nSPS) is 23.4. The Morgan fingerprint density at radius 2 is 1.94 bits per heavy atom. The van der Waals surface area contributed by atoms with Crippen LogP contribution >= 0.6 is 15.9 Å². The van der Waals surface area contributed by atoms with Crippen LogP contribution in [0, 0.1) is 0 Å². The van der Waals surface area contributed by atoms with Gasteiger partial charge in [0.2, 0.25) is 0 Å². The van der Waals surface area contributed by atoms with Crippen LogP contribution in [-0.4, -0.2) is 21.0 Å². The minimum absolute atomic E-state index is 0.147. The lowest BCUT2D eigenvalue weighted by molar-refractivity contribution is 0.130. The minimum Gasteiger partial charge on any atom is -0.391 e. The SMILES string of the molecule is O[C@H]1CCC[C@@H]1n1cc(-c2ccc(Br)cc2)cn1. The molecule has 1 heterocycles. The van der Waals surface area contributed by atoms with Gasteiger partial charge >= 0.3 is 0 Å². The third-order valence-corrected chi connectivity index (χ3v) is 4.09. The van der Waals surface area contributed by atoms with Gasteiger partial charge in [-0.15, -0.1) is 0 Å². The second-order valence-electron chi connectivity index (χ2n) is 4.78. The molecule has 1 saturated carbocycles. The first-order valence-corrected chi connectivity index (χ1v) is 7.01. The monoisotopic (exact) mass is 306 g/mol. The molecular formula is C14H15BrN2O. The highest BCUT2D eigenvalue weighted by Gasteiger charge is 2.27. The molecule has 1 aliphatic carbocycles. The molecule has 0 spiro atoms. The van der Waals surface area contributed by atoms with Gasteiger partial charge in [0.15, 0.2) is 0 Å². The minimum atomic E-state index is -0.248. The number of nitrogens with zero attached hydrogens (tertiary/aromatic N) is 2. The Labute approximate surface area is 115 Å². The highest BCUT2D eigenvalue weighted by atomic mass is 79.9. The number of halogens is 1. The average Bonchev–Trinajstić information content (AvgIpc) is 2.98. The first-order chi connectivity index (χ1) is 8.74. The van der Waals surface area contributed by atoms with E-state index in [1.165, 1.54) is 0 Å². The Morgan fingerprint density at radius 1 is 1.17 bits per heavy atom. The van der Waals surface area contributed by atoms with Crippen molar-refractivity contribution in [2.24, 2.45) is 0 Å². The van der Waals surface area contributed by atoms with Crippen molar-refractivity contribution in [3.63, 3.8) is 0 Å². The number of aliphatic hydroxyl groups is 1. The molecule has 18 heavy (non-hydrogen) atoms. The van der Waals surface area contributed by atoms with Crippen LogP contribution in [0.4, 0.5) is 0 Å². The largest absolute Gasteiger partial charge is 0.391 e. The van der Waals surface area contributed by atoms with Crippen molar-refractivity contribution < 1.29 is 5.11 Å². The highest BCUT2D eigenvalue weighted by molar-refractivity contribution is 9.10. The zero-order valence-electron chi connectivity index (χ0n) is 9.96. The van der Waals surface area contributed by atoms with Crippen LogP contribution < -0.4 is 0 Å². The first-order valence-electron chi connectivity index (χ1n) is 6.22. The van der Waals surface area contributed by atoms with Crippen molar-refractivity contribution in [2.75, 3.05) is 0 Å². The van der Waals surface area contributed by atoms with Gasteiger partial charge in [0.25, 0.3) is 0 Å². The maximum Gasteiger partial charge on any atom is 0.0778 e. The van der Waals surface area contributed by atoms with E-state index < -0.39 is 0 Å². The molecule has 94 valence electrons. The van der Waals surface area contributed by atoms with E-state index in [0.29, 0.717) is 0 Å². The molecule has 0 unspecified atom stereocenters. The molecule has 2 aromatic rings. The van der Waals surface area contributed by atoms with E-state index in [2.05, 4.69) is 33.2 Å². The third kappa shape index (κ3) is 2.22. The summed E-state index contributed by atoms with van der Waals surface area (Å²) >= 11 is 3.43. The lowest BCUT2D eigenvalue weighted by Crippen LogP contribution is -2.18. The van der Waals surface area contributed by atoms with Gasteiger partial charge in [-0.2, -0.15) is 5.10 Å². The van der Waals surface area contributed by atoms with Gasteiger partial charge in [0.05, 0.1) is 18.3 Å². The van der Waals surface area contributed by atoms with Gasteiger partial charge in [-0.25, -0.2) is 0 Å². The van der Waals surface area contributed by atoms with E-state index in [1.54, 1.807) is 0 Å². The number of benzene rings is 1. The quantitative estimate of drug-likeness (QED) is 0.923. The average molecular weight is 307 g/mol. The third-order valence-electron chi connectivity index (χ3n) is 3.56. The molecule has 0 saturated heterocycles. The van der Waals surface area contributed by atoms with Crippen LogP contribution in [0.2, 0.25) is 0 Å². The van der Waals surface area contributed by atoms with Crippen molar-refractivity contribution in [2.45, 2.75) is 31.4 Å². The highest BCUT2D eigenvalue weighted by Crippen LogP contribution is 2.31. The molecule has 1 fully saturated rings. The lowest BCUT2D eigenvalue weighted by Gasteiger charge is -2.14. The number of rotatable bonds is 2. The van der Waals surface area contributed by atoms with Crippen LogP contribution in [0.15, 0.2) is 41.1 Å². The topological polar surface area (TPSA) is 38.0 Å². The van der Waals surface area contributed by atoms with Crippen molar-refractivity contribution in [3.05, 3.63) is 41.1 Å². The van der Waals surface area contributed by atoms with Crippen molar-refractivity contribution in [3.8, 4) is 11.1 Å². The van der Waals surface area contributed by atoms with E-state index in [-0.39, 0.29) is 12.1 Å². The number of aliphatic hydroxyl groups excluding tert-OH is 1. The van der Waals surface area contributed by atoms with Gasteiger partial charge in [0.1, 0.15) is 0 Å². The summed E-state index contributed by atoms with van der Waals surface area (Å²) in [5.74, 6) is 0. The molecule has 0 aliphatic heterocycles. The zero-order valence-corrected chi connectivity index (χ0v) is 11.5. The summed E-state index contributed by atoms with van der Waals surface area (Å²) in [7, 11) is 0. The standard InChI is InChI=1S/C14H15BrN2O/c15-12-6-4-10(5-7-12)11-8-16-17(9-11)13-2-1-3-14(13)18/h4-9,13-14,18H,1-3H2/t13-,14-/m0/s1. The Morgan fingerprint density at radius 3 is 2.61 bits per heavy atom. The van der Waals surface area contributed by atoms with Crippen molar-refractivity contribution >= 4 is 15.9 Å². The maximum absolute atomic E-state index is 9.89. The van der Waals surface area contributed by atoms with E-state index in [9.17, 15) is 5.11 Å². The Hall–Kier alpha value is -1.13. The Kier molecular flexibility index (Phi) is 3.22. The molecule has 3 nitrogen and oxygen atoms in total. The molecule has 4 heteroatoms. The van der Waals surface area contributed by atoms with Crippen LogP contribution in [0.3, 0.4) is 0 Å². The lowest BCUT2D eigenvalue weighted by atomic mass is 10.1. The summed E-state index contributed by atoms with van der Waals surface area (Å²) in [5, 5.41) is 14.3. The second-order valence-corrected chi connectivity index (χ2v) is 5.70. The molecule has 0 amide bonds. The number of aromatic nitrogens is 2. The van der Waals surface area contributed by atoms with Crippen molar-refractivity contribution in [1.82, 2.24) is 9.78 Å². The summed E-state index contributed by atoms with van der Waals surface area (Å²) in [5.41, 5.74) is 2.25. The Bertz CT molecular complexity index is 535. The molecule has 0 radical (unpaired) electrons. The van der Waals surface area contributed by atoms with Gasteiger partial charge < -0.3 is 5.11 Å². The molecular weight excluding hydrogens is 292 g/mol. The Balaban J connectivity index is 1.87. The maximum atomic E-state index is 9.89. The molecule has 0 bridgehead atoms. The van der Waals surface area contributed by atoms with Gasteiger partial charge in [-0.05, 0) is 37.0 Å². The van der Waals surface area contributed by atoms with Crippen LogP contribution in [-0.2, 0) is 0 Å². The van der Waals surface area contributed by atoms with Crippen LogP contribution in [0.25, 0.3) is 11.1 Å². The van der Waals surface area contributed by atoms with Gasteiger partial charge in [0, 0.05) is 16.2 Å². The number of hydrogen-bond acceptors (Lipinski definition) is 2. The molecule has 1 N–H and O–H groups in total. The number of hydrogen-bond donors (Lipinski definition) is 1. The van der Waals surface area contributed by atoms with Crippen molar-refractivity contribution in [1.29, 1.82) is 0 Å². The fraction of sp³-hybridized carbons (Fsp3) is 0.357. The molecule has 3 rings (SSSR count). The van der Waals surface area contributed by atoms with Crippen LogP contribution in [0.1, 0.15) is 25.3 Å². The molecule has 1 aromatic carbocycles. The molecule has 1 aromatic heterocycles. The predicted octanol–water partition coefficient (Wildman–Crippen LogP) is 3.40.